The van der Waals surface area contributed by atoms with E-state index in [1.807, 2.05) is 84.9 Å². The fourth-order valence-electron chi connectivity index (χ4n) is 5.12. The quantitative estimate of drug-likeness (QED) is 0.0980. The number of hydrogen-bond acceptors (Lipinski definition) is 4. The molecule has 0 saturated heterocycles. The summed E-state index contributed by atoms with van der Waals surface area (Å²) < 4.78 is 0. The summed E-state index contributed by atoms with van der Waals surface area (Å²) in [5, 5.41) is 10.8. The summed E-state index contributed by atoms with van der Waals surface area (Å²) >= 11 is 14.2. The highest BCUT2D eigenvalue weighted by Gasteiger charge is 2.23. The lowest BCUT2D eigenvalue weighted by atomic mass is 10.1. The molecular weight excluding hydrogens is 673 g/mol. The van der Waals surface area contributed by atoms with E-state index in [0.29, 0.717) is 26.9 Å². The van der Waals surface area contributed by atoms with Gasteiger partial charge in [0.15, 0.2) is 0 Å². The maximum Gasteiger partial charge on any atom is 0.272 e. The summed E-state index contributed by atoms with van der Waals surface area (Å²) in [5.74, 6) is -1.20. The van der Waals surface area contributed by atoms with Gasteiger partial charge in [-0.05, 0) is 71.6 Å². The number of halogens is 2. The zero-order chi connectivity index (χ0) is 34.2. The largest absolute Gasteiger partial charge is 0.324 e. The highest BCUT2D eigenvalue weighted by molar-refractivity contribution is 8.00. The summed E-state index contributed by atoms with van der Waals surface area (Å²) in [5.41, 5.74) is 2.80. The summed E-state index contributed by atoms with van der Waals surface area (Å²) in [7, 11) is 0. The number of rotatable bonds is 10. The SMILES string of the molecule is O=C(Nc1ccc(SC(C(=O)Nc2cccc3ccccc23)c2ccccc2)cc1)/C(=C/c1c(Cl)cccc1Cl)NC(=O)c1ccccc1. The molecular formula is C40H29Cl2N3O3S. The average Bonchev–Trinajstić information content (AvgIpc) is 3.13. The predicted molar refractivity (Wildman–Crippen MR) is 201 cm³/mol. The minimum atomic E-state index is -0.572. The second-order valence-electron chi connectivity index (χ2n) is 10.9. The molecule has 0 fully saturated rings. The molecule has 0 radical (unpaired) electrons. The van der Waals surface area contributed by atoms with Crippen molar-refractivity contribution < 1.29 is 14.4 Å². The molecule has 1 unspecified atom stereocenters. The maximum atomic E-state index is 13.8. The monoisotopic (exact) mass is 701 g/mol. The molecule has 6 aromatic rings. The van der Waals surface area contributed by atoms with Crippen molar-refractivity contribution in [3.05, 3.63) is 178 Å². The first-order chi connectivity index (χ1) is 23.9. The highest BCUT2D eigenvalue weighted by atomic mass is 35.5. The average molecular weight is 703 g/mol. The Morgan fingerprint density at radius 3 is 1.96 bits per heavy atom. The van der Waals surface area contributed by atoms with Crippen LogP contribution in [0.25, 0.3) is 16.8 Å². The topological polar surface area (TPSA) is 87.3 Å². The molecule has 0 bridgehead atoms. The standard InChI is InChI=1S/C40H29Cl2N3O3S/c41-33-18-10-19-34(42)32(33)25-36(45-38(46)28-14-5-2-6-15-28)39(47)43-29-21-23-30(24-22-29)49-37(27-12-3-1-4-13-27)40(48)44-35-20-9-16-26-11-7-8-17-31(26)35/h1-25,37H,(H,43,47)(H,44,48)(H,45,46)/b36-25-. The number of carbonyl (C=O) groups is 3. The molecule has 9 heteroatoms. The van der Waals surface area contributed by atoms with Crippen molar-refractivity contribution in [2.45, 2.75) is 10.1 Å². The van der Waals surface area contributed by atoms with E-state index in [0.717, 1.165) is 26.9 Å². The smallest absolute Gasteiger partial charge is 0.272 e. The number of benzene rings is 6. The number of amides is 3. The Balaban J connectivity index is 1.21. The number of fused-ring (bicyclic) bond motifs is 1. The maximum absolute atomic E-state index is 13.8. The van der Waals surface area contributed by atoms with E-state index in [-0.39, 0.29) is 11.6 Å². The second kappa shape index (κ2) is 15.7. The van der Waals surface area contributed by atoms with Gasteiger partial charge in [0.05, 0.1) is 0 Å². The van der Waals surface area contributed by atoms with Crippen LogP contribution in [0.4, 0.5) is 11.4 Å². The molecule has 3 N–H and O–H groups in total. The number of nitrogens with one attached hydrogen (secondary N) is 3. The van der Waals surface area contributed by atoms with Gasteiger partial charge in [-0.3, -0.25) is 14.4 Å². The molecule has 0 aliphatic heterocycles. The van der Waals surface area contributed by atoms with Crippen molar-refractivity contribution in [1.29, 1.82) is 0 Å². The second-order valence-corrected chi connectivity index (χ2v) is 12.9. The van der Waals surface area contributed by atoms with Crippen LogP contribution in [0.15, 0.2) is 156 Å². The molecule has 242 valence electrons. The molecule has 0 aromatic heterocycles. The molecule has 49 heavy (non-hydrogen) atoms. The van der Waals surface area contributed by atoms with E-state index in [4.69, 9.17) is 23.2 Å². The van der Waals surface area contributed by atoms with Crippen molar-refractivity contribution >= 4 is 80.9 Å². The molecule has 0 aliphatic rings. The van der Waals surface area contributed by atoms with Crippen LogP contribution < -0.4 is 16.0 Å². The zero-order valence-corrected chi connectivity index (χ0v) is 28.2. The van der Waals surface area contributed by atoms with Crippen LogP contribution in [0.3, 0.4) is 0 Å². The Labute approximate surface area is 298 Å². The number of thioether (sulfide) groups is 1. The fraction of sp³-hybridized carbons (Fsp3) is 0.0250. The van der Waals surface area contributed by atoms with Gasteiger partial charge in [0.25, 0.3) is 11.8 Å². The number of anilines is 2. The summed E-state index contributed by atoms with van der Waals surface area (Å²) in [6.45, 7) is 0. The lowest BCUT2D eigenvalue weighted by Crippen LogP contribution is -2.30. The van der Waals surface area contributed by atoms with E-state index >= 15 is 0 Å². The van der Waals surface area contributed by atoms with Crippen LogP contribution in [0.5, 0.6) is 0 Å². The molecule has 0 saturated carbocycles. The van der Waals surface area contributed by atoms with E-state index in [1.54, 1.807) is 60.7 Å². The Kier molecular flexibility index (Phi) is 10.8. The molecule has 6 aromatic carbocycles. The lowest BCUT2D eigenvalue weighted by molar-refractivity contribution is -0.116. The minimum Gasteiger partial charge on any atom is -0.324 e. The van der Waals surface area contributed by atoms with Gasteiger partial charge in [0.2, 0.25) is 5.91 Å². The lowest BCUT2D eigenvalue weighted by Gasteiger charge is -2.18. The summed E-state index contributed by atoms with van der Waals surface area (Å²) in [6, 6.07) is 44.0. The third-order valence-corrected chi connectivity index (χ3v) is 9.50. The van der Waals surface area contributed by atoms with Crippen molar-refractivity contribution in [3.8, 4) is 0 Å². The predicted octanol–water partition coefficient (Wildman–Crippen LogP) is 10.0. The molecule has 0 aliphatic carbocycles. The highest BCUT2D eigenvalue weighted by Crippen LogP contribution is 2.37. The Bertz CT molecular complexity index is 2130. The first-order valence-electron chi connectivity index (χ1n) is 15.3. The van der Waals surface area contributed by atoms with Gasteiger partial charge in [0.1, 0.15) is 10.9 Å². The van der Waals surface area contributed by atoms with Gasteiger partial charge in [-0.25, -0.2) is 0 Å². The molecule has 0 heterocycles. The zero-order valence-electron chi connectivity index (χ0n) is 25.9. The molecule has 6 nitrogen and oxygen atoms in total. The van der Waals surface area contributed by atoms with Crippen LogP contribution in [0, 0.1) is 0 Å². The molecule has 3 amide bonds. The van der Waals surface area contributed by atoms with E-state index in [2.05, 4.69) is 16.0 Å². The normalized spacial score (nSPS) is 11.8. The van der Waals surface area contributed by atoms with E-state index < -0.39 is 17.1 Å². The van der Waals surface area contributed by atoms with Crippen LogP contribution in [-0.4, -0.2) is 17.7 Å². The first kappa shape index (κ1) is 33.6. The Morgan fingerprint density at radius 1 is 0.633 bits per heavy atom. The van der Waals surface area contributed by atoms with Gasteiger partial charge >= 0.3 is 0 Å². The van der Waals surface area contributed by atoms with E-state index in [1.165, 1.54) is 17.8 Å². The van der Waals surface area contributed by atoms with Crippen molar-refractivity contribution in [2.75, 3.05) is 10.6 Å². The fourth-order valence-corrected chi connectivity index (χ4v) is 6.65. The summed E-state index contributed by atoms with van der Waals surface area (Å²) in [6.07, 6.45) is 1.45. The van der Waals surface area contributed by atoms with Gasteiger partial charge in [-0.15, -0.1) is 11.8 Å². The molecule has 6 rings (SSSR count). The minimum absolute atomic E-state index is 0.0449. The van der Waals surface area contributed by atoms with Gasteiger partial charge in [-0.2, -0.15) is 0 Å². The third-order valence-electron chi connectivity index (χ3n) is 7.57. The third kappa shape index (κ3) is 8.39. The van der Waals surface area contributed by atoms with Crippen LogP contribution in [0.2, 0.25) is 10.0 Å². The first-order valence-corrected chi connectivity index (χ1v) is 16.9. The van der Waals surface area contributed by atoms with Gasteiger partial charge < -0.3 is 16.0 Å². The van der Waals surface area contributed by atoms with Crippen LogP contribution in [-0.2, 0) is 9.59 Å². The van der Waals surface area contributed by atoms with Gasteiger partial charge in [0, 0.05) is 42.8 Å². The molecule has 1 atom stereocenters. The van der Waals surface area contributed by atoms with Crippen LogP contribution in [0.1, 0.15) is 26.7 Å². The summed E-state index contributed by atoms with van der Waals surface area (Å²) in [4.78, 5) is 41.2. The molecule has 0 spiro atoms. The van der Waals surface area contributed by atoms with E-state index in [9.17, 15) is 14.4 Å². The van der Waals surface area contributed by atoms with Crippen molar-refractivity contribution in [1.82, 2.24) is 5.32 Å². The van der Waals surface area contributed by atoms with Gasteiger partial charge in [-0.1, -0.05) is 114 Å². The number of carbonyl (C=O) groups excluding carboxylic acids is 3. The Morgan fingerprint density at radius 2 is 1.24 bits per heavy atom. The van der Waals surface area contributed by atoms with Crippen molar-refractivity contribution in [3.63, 3.8) is 0 Å². The van der Waals surface area contributed by atoms with Crippen LogP contribution >= 0.6 is 35.0 Å². The Hall–Kier alpha value is -5.34. The van der Waals surface area contributed by atoms with Crippen molar-refractivity contribution in [2.24, 2.45) is 0 Å². The number of hydrogen-bond donors (Lipinski definition) is 3.